The van der Waals surface area contributed by atoms with E-state index in [-0.39, 0.29) is 6.03 Å². The average molecular weight is 296 g/mol. The van der Waals surface area contributed by atoms with E-state index in [0.717, 1.165) is 16.3 Å². The Morgan fingerprint density at radius 1 is 1.14 bits per heavy atom. The van der Waals surface area contributed by atoms with Crippen LogP contribution in [0.2, 0.25) is 0 Å². The fourth-order valence-electron chi connectivity index (χ4n) is 2.81. The molecule has 2 aromatic rings. The molecule has 0 unspecified atom stereocenters. The molecule has 1 atom stereocenters. The highest BCUT2D eigenvalue weighted by molar-refractivity contribution is 5.97. The zero-order valence-corrected chi connectivity index (χ0v) is 12.3. The van der Waals surface area contributed by atoms with Gasteiger partial charge in [-0.15, -0.1) is 0 Å². The number of carbonyl (C=O) groups excluding carboxylic acids is 2. The number of hydrogen-bond donors (Lipinski definition) is 2. The van der Waals surface area contributed by atoms with Crippen LogP contribution < -0.4 is 10.6 Å². The highest BCUT2D eigenvalue weighted by Gasteiger charge is 2.32. The fraction of sp³-hybridized carbons (Fsp3) is 0.176. The van der Waals surface area contributed by atoms with Gasteiger partial charge in [0, 0.05) is 5.70 Å². The minimum absolute atomic E-state index is 0.330. The molecule has 22 heavy (non-hydrogen) atoms. The fourth-order valence-corrected chi connectivity index (χ4v) is 2.81. The number of benzene rings is 2. The summed E-state index contributed by atoms with van der Waals surface area (Å²) in [5.41, 5.74) is 1.79. The average Bonchev–Trinajstić information content (AvgIpc) is 2.53. The number of esters is 1. The van der Waals surface area contributed by atoms with Crippen LogP contribution in [0.1, 0.15) is 18.5 Å². The van der Waals surface area contributed by atoms with E-state index in [4.69, 9.17) is 4.74 Å². The van der Waals surface area contributed by atoms with E-state index in [1.807, 2.05) is 42.5 Å². The zero-order valence-electron chi connectivity index (χ0n) is 12.3. The van der Waals surface area contributed by atoms with Crippen molar-refractivity contribution in [2.24, 2.45) is 0 Å². The summed E-state index contributed by atoms with van der Waals surface area (Å²) in [6, 6.07) is 12.8. The van der Waals surface area contributed by atoms with E-state index in [9.17, 15) is 9.59 Å². The first kappa shape index (κ1) is 14.1. The third-order valence-corrected chi connectivity index (χ3v) is 3.81. The van der Waals surface area contributed by atoms with Gasteiger partial charge < -0.3 is 15.4 Å². The topological polar surface area (TPSA) is 67.4 Å². The number of ether oxygens (including phenoxy) is 1. The number of allylic oxidation sites excluding steroid dienone is 1. The number of methoxy groups -OCH3 is 1. The van der Waals surface area contributed by atoms with E-state index in [1.54, 1.807) is 6.92 Å². The molecule has 2 amide bonds. The summed E-state index contributed by atoms with van der Waals surface area (Å²) in [5.74, 6) is -0.456. The smallest absolute Gasteiger partial charge is 0.337 e. The van der Waals surface area contributed by atoms with Gasteiger partial charge in [0.15, 0.2) is 0 Å². The first-order valence-electron chi connectivity index (χ1n) is 6.96. The summed E-state index contributed by atoms with van der Waals surface area (Å²) in [6.45, 7) is 1.70. The van der Waals surface area contributed by atoms with Gasteiger partial charge >= 0.3 is 12.0 Å². The molecule has 112 valence electrons. The summed E-state index contributed by atoms with van der Waals surface area (Å²) < 4.78 is 4.87. The standard InChI is InChI=1S/C17H16N2O3/c1-10-14(16(20)22-2)15(19-17(21)18-10)13-9-5-7-11-6-3-4-8-12(11)13/h3-9,15H,1-2H3,(H2,18,19,21)/t15-/m1/s1. The van der Waals surface area contributed by atoms with E-state index in [2.05, 4.69) is 10.6 Å². The maximum atomic E-state index is 12.1. The molecule has 0 fully saturated rings. The van der Waals surface area contributed by atoms with Gasteiger partial charge in [0.05, 0.1) is 18.7 Å². The second-order valence-electron chi connectivity index (χ2n) is 5.13. The minimum Gasteiger partial charge on any atom is -0.466 e. The molecular weight excluding hydrogens is 280 g/mol. The number of urea groups is 1. The van der Waals surface area contributed by atoms with Gasteiger partial charge in [0.2, 0.25) is 0 Å². The van der Waals surface area contributed by atoms with Crippen LogP contribution in [0.3, 0.4) is 0 Å². The highest BCUT2D eigenvalue weighted by Crippen LogP contribution is 2.32. The second-order valence-corrected chi connectivity index (χ2v) is 5.13. The summed E-state index contributed by atoms with van der Waals surface area (Å²) in [6.07, 6.45) is 0. The van der Waals surface area contributed by atoms with Crippen molar-refractivity contribution in [3.63, 3.8) is 0 Å². The lowest BCUT2D eigenvalue weighted by molar-refractivity contribution is -0.136. The number of amides is 2. The second kappa shape index (κ2) is 5.52. The molecule has 0 radical (unpaired) electrons. The van der Waals surface area contributed by atoms with Gasteiger partial charge in [-0.3, -0.25) is 0 Å². The summed E-state index contributed by atoms with van der Waals surface area (Å²) in [5, 5.41) is 7.48. The lowest BCUT2D eigenvalue weighted by Crippen LogP contribution is -2.45. The molecule has 0 aromatic heterocycles. The van der Waals surface area contributed by atoms with Crippen molar-refractivity contribution in [2.45, 2.75) is 13.0 Å². The lowest BCUT2D eigenvalue weighted by atomic mass is 9.91. The van der Waals surface area contributed by atoms with E-state index >= 15 is 0 Å². The van der Waals surface area contributed by atoms with E-state index in [0.29, 0.717) is 11.3 Å². The normalized spacial score (nSPS) is 17.9. The Morgan fingerprint density at radius 2 is 1.86 bits per heavy atom. The Hall–Kier alpha value is -2.82. The number of carbonyl (C=O) groups is 2. The SMILES string of the molecule is COC(=O)C1=C(C)NC(=O)N[C@@H]1c1cccc2ccccc12. The molecule has 2 aromatic carbocycles. The van der Waals surface area contributed by atoms with Crippen molar-refractivity contribution in [3.8, 4) is 0 Å². The van der Waals surface area contributed by atoms with Crippen LogP contribution in [-0.2, 0) is 9.53 Å². The molecule has 1 heterocycles. The number of hydrogen-bond acceptors (Lipinski definition) is 3. The van der Waals surface area contributed by atoms with Gasteiger partial charge in [-0.25, -0.2) is 9.59 Å². The van der Waals surface area contributed by atoms with Crippen molar-refractivity contribution in [1.82, 2.24) is 10.6 Å². The molecule has 1 aliphatic rings. The van der Waals surface area contributed by atoms with E-state index in [1.165, 1.54) is 7.11 Å². The van der Waals surface area contributed by atoms with Crippen LogP contribution in [0.5, 0.6) is 0 Å². The largest absolute Gasteiger partial charge is 0.466 e. The van der Waals surface area contributed by atoms with Crippen molar-refractivity contribution in [2.75, 3.05) is 7.11 Å². The van der Waals surface area contributed by atoms with Crippen LogP contribution in [0, 0.1) is 0 Å². The van der Waals surface area contributed by atoms with Crippen LogP contribution in [0.15, 0.2) is 53.7 Å². The summed E-state index contributed by atoms with van der Waals surface area (Å²) in [7, 11) is 1.33. The number of fused-ring (bicyclic) bond motifs is 1. The van der Waals surface area contributed by atoms with Gasteiger partial charge in [-0.1, -0.05) is 42.5 Å². The van der Waals surface area contributed by atoms with Crippen LogP contribution in [0.25, 0.3) is 10.8 Å². The highest BCUT2D eigenvalue weighted by atomic mass is 16.5. The molecule has 3 rings (SSSR count). The Balaban J connectivity index is 2.21. The van der Waals surface area contributed by atoms with Crippen molar-refractivity contribution in [1.29, 1.82) is 0 Å². The Bertz CT molecular complexity index is 790. The maximum Gasteiger partial charge on any atom is 0.337 e. The molecule has 2 N–H and O–H groups in total. The first-order chi connectivity index (χ1) is 10.6. The third kappa shape index (κ3) is 2.30. The van der Waals surface area contributed by atoms with Crippen LogP contribution in [-0.4, -0.2) is 19.1 Å². The summed E-state index contributed by atoms with van der Waals surface area (Å²) >= 11 is 0. The van der Waals surface area contributed by atoms with Crippen molar-refractivity contribution >= 4 is 22.8 Å². The number of nitrogens with one attached hydrogen (secondary N) is 2. The number of rotatable bonds is 2. The molecule has 0 aliphatic carbocycles. The monoisotopic (exact) mass is 296 g/mol. The molecule has 0 bridgehead atoms. The molecular formula is C17H16N2O3. The predicted octanol–water partition coefficient (Wildman–Crippen LogP) is 2.64. The maximum absolute atomic E-state index is 12.1. The van der Waals surface area contributed by atoms with Crippen molar-refractivity contribution < 1.29 is 14.3 Å². The Morgan fingerprint density at radius 3 is 2.64 bits per heavy atom. The lowest BCUT2D eigenvalue weighted by Gasteiger charge is -2.28. The zero-order chi connectivity index (χ0) is 15.7. The third-order valence-electron chi connectivity index (χ3n) is 3.81. The minimum atomic E-state index is -0.535. The molecule has 5 heteroatoms. The van der Waals surface area contributed by atoms with Crippen LogP contribution in [0.4, 0.5) is 4.79 Å². The van der Waals surface area contributed by atoms with Gasteiger partial charge in [-0.2, -0.15) is 0 Å². The molecule has 0 spiro atoms. The molecule has 0 saturated heterocycles. The van der Waals surface area contributed by atoms with Gasteiger partial charge in [0.25, 0.3) is 0 Å². The Labute approximate surface area is 128 Å². The quantitative estimate of drug-likeness (QED) is 0.837. The van der Waals surface area contributed by atoms with Gasteiger partial charge in [0.1, 0.15) is 0 Å². The first-order valence-corrected chi connectivity index (χ1v) is 6.96. The van der Waals surface area contributed by atoms with E-state index < -0.39 is 12.0 Å². The summed E-state index contributed by atoms with van der Waals surface area (Å²) in [4.78, 5) is 24.0. The molecule has 1 aliphatic heterocycles. The van der Waals surface area contributed by atoms with Crippen LogP contribution >= 0.6 is 0 Å². The Kier molecular flexibility index (Phi) is 3.55. The molecule has 5 nitrogen and oxygen atoms in total. The molecule has 0 saturated carbocycles. The van der Waals surface area contributed by atoms with Gasteiger partial charge in [-0.05, 0) is 23.3 Å². The predicted molar refractivity (Wildman–Crippen MR) is 83.1 cm³/mol. The van der Waals surface area contributed by atoms with Crippen molar-refractivity contribution in [3.05, 3.63) is 59.3 Å².